The topological polar surface area (TPSA) is 40.5 Å². The van der Waals surface area contributed by atoms with E-state index in [0.717, 1.165) is 0 Å². The molecule has 2 N–H and O–H groups in total. The Morgan fingerprint density at radius 3 is 1.46 bits per heavy atom. The normalized spacial score (nSPS) is 10.8. The lowest BCUT2D eigenvalue weighted by Crippen LogP contribution is -1.91. The second-order valence-electron chi connectivity index (χ2n) is 8.70. The first kappa shape index (κ1) is 24.1. The van der Waals surface area contributed by atoms with E-state index < -0.39 is 0 Å². The van der Waals surface area contributed by atoms with E-state index >= 15 is 0 Å². The van der Waals surface area contributed by atoms with Gasteiger partial charge >= 0.3 is 0 Å². The molecule has 0 spiro atoms. The van der Waals surface area contributed by atoms with Crippen LogP contribution < -0.4 is 0 Å². The van der Waals surface area contributed by atoms with Gasteiger partial charge in [0, 0.05) is 11.1 Å². The van der Waals surface area contributed by atoms with Crippen LogP contribution in [0.1, 0.15) is 39.2 Å². The predicted octanol–water partition coefficient (Wildman–Crippen LogP) is 9.50. The molecular formula is C33H32O2. The van der Waals surface area contributed by atoms with Crippen molar-refractivity contribution >= 4 is 32.3 Å². The average Bonchev–Trinajstić information content (AvgIpc) is 2.89. The highest BCUT2D eigenvalue weighted by molar-refractivity contribution is 6.23. The molecule has 0 radical (unpaired) electrons. The first-order chi connectivity index (χ1) is 17.0. The third kappa shape index (κ3) is 4.65. The van der Waals surface area contributed by atoms with Crippen LogP contribution in [-0.4, -0.2) is 10.2 Å². The summed E-state index contributed by atoms with van der Waals surface area (Å²) < 4.78 is 0. The van der Waals surface area contributed by atoms with Crippen molar-refractivity contribution in [1.29, 1.82) is 0 Å². The van der Waals surface area contributed by atoms with E-state index in [4.69, 9.17) is 0 Å². The molecule has 6 aromatic rings. The maximum atomic E-state index is 9.58. The molecule has 0 atom stereocenters. The molecule has 0 aliphatic heterocycles. The Morgan fingerprint density at radius 1 is 0.486 bits per heavy atom. The Kier molecular flexibility index (Phi) is 7.22. The molecule has 0 fully saturated rings. The molecule has 176 valence electrons. The maximum absolute atomic E-state index is 9.58. The van der Waals surface area contributed by atoms with Gasteiger partial charge in [-0.05, 0) is 55.9 Å². The summed E-state index contributed by atoms with van der Waals surface area (Å²) in [5, 5.41) is 27.5. The van der Waals surface area contributed by atoms with Crippen LogP contribution in [0.2, 0.25) is 0 Å². The van der Waals surface area contributed by atoms with Gasteiger partial charge in [-0.3, -0.25) is 0 Å². The second-order valence-corrected chi connectivity index (χ2v) is 8.70. The highest BCUT2D eigenvalue weighted by atomic mass is 16.3. The standard InChI is InChI=1S/C19H16.C12H10O2.C2H6/c1-12(2)16-10-8-15-7-6-13-4-3-5-14-9-11-17(16)19(15)18(13)14;13-11-7-3-1-5-9(11)10-6-2-4-8-12(10)14;1-2/h3-12H,1-2H3;1-8,13-14H;1-2H3. The van der Waals surface area contributed by atoms with Crippen LogP contribution in [0.4, 0.5) is 0 Å². The highest BCUT2D eigenvalue weighted by Crippen LogP contribution is 2.38. The van der Waals surface area contributed by atoms with E-state index in [1.165, 1.54) is 37.9 Å². The van der Waals surface area contributed by atoms with Crippen LogP contribution in [0.5, 0.6) is 11.5 Å². The van der Waals surface area contributed by atoms with Crippen LogP contribution in [-0.2, 0) is 0 Å². The smallest absolute Gasteiger partial charge is 0.123 e. The van der Waals surface area contributed by atoms with Crippen molar-refractivity contribution in [1.82, 2.24) is 0 Å². The molecule has 0 aliphatic carbocycles. The summed E-state index contributed by atoms with van der Waals surface area (Å²) in [6.45, 7) is 8.54. The molecule has 0 saturated heterocycles. The average molecular weight is 461 g/mol. The summed E-state index contributed by atoms with van der Waals surface area (Å²) in [5.41, 5.74) is 2.74. The SMILES string of the molecule is CC.CC(C)c1ccc2ccc3cccc4ccc1c2c34.Oc1ccccc1-c1ccccc1O. The fourth-order valence-electron chi connectivity index (χ4n) is 4.66. The number of hydrogen-bond acceptors (Lipinski definition) is 2. The minimum Gasteiger partial charge on any atom is -0.507 e. The summed E-state index contributed by atoms with van der Waals surface area (Å²) in [6, 6.07) is 34.0. The second kappa shape index (κ2) is 10.5. The lowest BCUT2D eigenvalue weighted by Gasteiger charge is -2.15. The lowest BCUT2D eigenvalue weighted by atomic mass is 9.89. The quantitative estimate of drug-likeness (QED) is 0.253. The summed E-state index contributed by atoms with van der Waals surface area (Å²) in [7, 11) is 0. The fraction of sp³-hybridized carbons (Fsp3) is 0.152. The molecule has 2 nitrogen and oxygen atoms in total. The number of phenolic OH excluding ortho intramolecular Hbond substituents is 2. The van der Waals surface area contributed by atoms with Crippen molar-refractivity contribution in [2.24, 2.45) is 0 Å². The first-order valence-corrected chi connectivity index (χ1v) is 12.3. The molecule has 0 bridgehead atoms. The van der Waals surface area contributed by atoms with Crippen LogP contribution >= 0.6 is 0 Å². The van der Waals surface area contributed by atoms with Crippen molar-refractivity contribution in [3.05, 3.63) is 109 Å². The molecule has 0 heterocycles. The van der Waals surface area contributed by atoms with Gasteiger partial charge in [0.25, 0.3) is 0 Å². The van der Waals surface area contributed by atoms with Crippen LogP contribution in [0.15, 0.2) is 103 Å². The molecule has 0 amide bonds. The summed E-state index contributed by atoms with van der Waals surface area (Å²) >= 11 is 0. The van der Waals surface area contributed by atoms with Gasteiger partial charge in [0.2, 0.25) is 0 Å². The van der Waals surface area contributed by atoms with Gasteiger partial charge in [-0.15, -0.1) is 0 Å². The first-order valence-electron chi connectivity index (χ1n) is 12.3. The largest absolute Gasteiger partial charge is 0.507 e. The zero-order valence-electron chi connectivity index (χ0n) is 20.8. The number of phenols is 2. The third-order valence-corrected chi connectivity index (χ3v) is 6.28. The number of aromatic hydroxyl groups is 2. The summed E-state index contributed by atoms with van der Waals surface area (Å²) in [4.78, 5) is 0. The zero-order chi connectivity index (χ0) is 24.9. The molecule has 0 saturated carbocycles. The number of rotatable bonds is 2. The Hall–Kier alpha value is -4.04. The summed E-state index contributed by atoms with van der Waals surface area (Å²) in [5.74, 6) is 0.910. The van der Waals surface area contributed by atoms with Crippen molar-refractivity contribution in [2.45, 2.75) is 33.6 Å². The van der Waals surface area contributed by atoms with Gasteiger partial charge < -0.3 is 10.2 Å². The molecular weight excluding hydrogens is 428 g/mol. The Bertz CT molecular complexity index is 1500. The molecule has 35 heavy (non-hydrogen) atoms. The van der Waals surface area contributed by atoms with E-state index in [1.54, 1.807) is 36.4 Å². The zero-order valence-corrected chi connectivity index (χ0v) is 20.8. The maximum Gasteiger partial charge on any atom is 0.123 e. The molecule has 6 rings (SSSR count). The van der Waals surface area contributed by atoms with Gasteiger partial charge in [0.1, 0.15) is 11.5 Å². The van der Waals surface area contributed by atoms with Crippen LogP contribution in [0.3, 0.4) is 0 Å². The minimum atomic E-state index is 0.175. The van der Waals surface area contributed by atoms with Crippen molar-refractivity contribution in [3.8, 4) is 22.6 Å². The monoisotopic (exact) mass is 460 g/mol. The lowest BCUT2D eigenvalue weighted by molar-refractivity contribution is 0.469. The molecule has 0 aromatic heterocycles. The molecule has 0 unspecified atom stereocenters. The Balaban J connectivity index is 0.000000161. The van der Waals surface area contributed by atoms with Gasteiger partial charge in [-0.25, -0.2) is 0 Å². The highest BCUT2D eigenvalue weighted by Gasteiger charge is 2.12. The van der Waals surface area contributed by atoms with Gasteiger partial charge in [0.05, 0.1) is 0 Å². The van der Waals surface area contributed by atoms with E-state index in [2.05, 4.69) is 68.4 Å². The van der Waals surface area contributed by atoms with Crippen molar-refractivity contribution < 1.29 is 10.2 Å². The number of benzene rings is 6. The Morgan fingerprint density at radius 2 is 0.943 bits per heavy atom. The molecule has 0 aliphatic rings. The minimum absolute atomic E-state index is 0.175. The third-order valence-electron chi connectivity index (χ3n) is 6.28. The van der Waals surface area contributed by atoms with Crippen molar-refractivity contribution in [3.63, 3.8) is 0 Å². The summed E-state index contributed by atoms with van der Waals surface area (Å²) in [6.07, 6.45) is 0. The van der Waals surface area contributed by atoms with Crippen LogP contribution in [0.25, 0.3) is 43.4 Å². The van der Waals surface area contributed by atoms with Gasteiger partial charge in [0.15, 0.2) is 0 Å². The Labute approximate surface area is 207 Å². The molecule has 6 aromatic carbocycles. The van der Waals surface area contributed by atoms with E-state index in [9.17, 15) is 10.2 Å². The predicted molar refractivity (Wildman–Crippen MR) is 151 cm³/mol. The molecule has 2 heteroatoms. The van der Waals surface area contributed by atoms with E-state index in [-0.39, 0.29) is 11.5 Å². The van der Waals surface area contributed by atoms with Crippen molar-refractivity contribution in [2.75, 3.05) is 0 Å². The van der Waals surface area contributed by atoms with Gasteiger partial charge in [-0.2, -0.15) is 0 Å². The fourth-order valence-corrected chi connectivity index (χ4v) is 4.66. The number of para-hydroxylation sites is 2. The van der Waals surface area contributed by atoms with Crippen LogP contribution in [0, 0.1) is 0 Å². The van der Waals surface area contributed by atoms with E-state index in [0.29, 0.717) is 17.0 Å². The van der Waals surface area contributed by atoms with E-state index in [1.807, 2.05) is 26.0 Å². The number of hydrogen-bond donors (Lipinski definition) is 2. The van der Waals surface area contributed by atoms with Gasteiger partial charge in [-0.1, -0.05) is 119 Å².